The molecule has 2 aromatic carbocycles. The first-order valence-corrected chi connectivity index (χ1v) is 6.52. The predicted octanol–water partition coefficient (Wildman–Crippen LogP) is 3.63. The van der Waals surface area contributed by atoms with Gasteiger partial charge in [0, 0.05) is 0 Å². The van der Waals surface area contributed by atoms with Crippen molar-refractivity contribution in [2.24, 2.45) is 0 Å². The number of benzene rings is 2. The van der Waals surface area contributed by atoms with Crippen molar-refractivity contribution in [3.05, 3.63) is 59.2 Å². The molecule has 20 heavy (non-hydrogen) atoms. The molecule has 0 amide bonds. The van der Waals surface area contributed by atoms with E-state index in [0.717, 1.165) is 11.3 Å². The molecule has 0 atom stereocenters. The minimum atomic E-state index is 0.447. The number of nitriles is 1. The summed E-state index contributed by atoms with van der Waals surface area (Å²) in [5.74, 6) is 1.58. The Balaban J connectivity index is 1.84. The van der Waals surface area contributed by atoms with Crippen molar-refractivity contribution in [1.82, 2.24) is 0 Å². The van der Waals surface area contributed by atoms with Gasteiger partial charge in [0.05, 0.1) is 11.6 Å². The van der Waals surface area contributed by atoms with Crippen LogP contribution in [0, 0.1) is 25.2 Å². The Morgan fingerprint density at radius 2 is 1.80 bits per heavy atom. The van der Waals surface area contributed by atoms with Crippen LogP contribution in [0.4, 0.5) is 0 Å². The summed E-state index contributed by atoms with van der Waals surface area (Å²) in [4.78, 5) is 0. The number of hydrogen-bond donors (Lipinski definition) is 0. The maximum absolute atomic E-state index is 8.81. The lowest BCUT2D eigenvalue weighted by Gasteiger charge is -2.11. The van der Waals surface area contributed by atoms with Crippen LogP contribution in [0.25, 0.3) is 0 Å². The molecule has 0 bridgehead atoms. The van der Waals surface area contributed by atoms with Crippen molar-refractivity contribution in [2.75, 3.05) is 13.2 Å². The summed E-state index contributed by atoms with van der Waals surface area (Å²) in [6.07, 6.45) is 0. The van der Waals surface area contributed by atoms with E-state index in [4.69, 9.17) is 14.7 Å². The molecule has 0 radical (unpaired) electrons. The molecule has 102 valence electrons. The van der Waals surface area contributed by atoms with Gasteiger partial charge in [-0.05, 0) is 49.2 Å². The lowest BCUT2D eigenvalue weighted by atomic mass is 10.1. The summed E-state index contributed by atoms with van der Waals surface area (Å²) in [5.41, 5.74) is 2.88. The molecule has 3 heteroatoms. The third-order valence-electron chi connectivity index (χ3n) is 2.92. The third-order valence-corrected chi connectivity index (χ3v) is 2.92. The standard InChI is InChI=1S/C17H17NO2/c1-13-6-7-14(2)17(10-13)20-9-8-19-16-5-3-4-15(11-16)12-18/h3-7,10-11H,8-9H2,1-2H3. The Bertz CT molecular complexity index is 629. The number of nitrogens with zero attached hydrogens (tertiary/aromatic N) is 1. The van der Waals surface area contributed by atoms with Crippen LogP contribution in [0.2, 0.25) is 0 Å². The highest BCUT2D eigenvalue weighted by atomic mass is 16.5. The van der Waals surface area contributed by atoms with Crippen molar-refractivity contribution < 1.29 is 9.47 Å². The van der Waals surface area contributed by atoms with Gasteiger partial charge in [-0.1, -0.05) is 18.2 Å². The lowest BCUT2D eigenvalue weighted by molar-refractivity contribution is 0.216. The van der Waals surface area contributed by atoms with Crippen LogP contribution < -0.4 is 9.47 Å². The average Bonchev–Trinajstić information content (AvgIpc) is 2.47. The number of ether oxygens (including phenoxy) is 2. The van der Waals surface area contributed by atoms with Crippen LogP contribution in [0.1, 0.15) is 16.7 Å². The molecular formula is C17H17NO2. The fraction of sp³-hybridized carbons (Fsp3) is 0.235. The lowest BCUT2D eigenvalue weighted by Crippen LogP contribution is -2.09. The van der Waals surface area contributed by atoms with E-state index >= 15 is 0 Å². The molecule has 0 saturated heterocycles. The van der Waals surface area contributed by atoms with E-state index in [1.54, 1.807) is 18.2 Å². The van der Waals surface area contributed by atoms with E-state index in [9.17, 15) is 0 Å². The zero-order valence-electron chi connectivity index (χ0n) is 11.7. The quantitative estimate of drug-likeness (QED) is 0.777. The second-order valence-corrected chi connectivity index (χ2v) is 4.61. The Hall–Kier alpha value is -2.47. The first kappa shape index (κ1) is 14.0. The largest absolute Gasteiger partial charge is 0.490 e. The zero-order valence-corrected chi connectivity index (χ0v) is 11.7. The highest BCUT2D eigenvalue weighted by Crippen LogP contribution is 2.19. The molecule has 0 unspecified atom stereocenters. The number of rotatable bonds is 5. The van der Waals surface area contributed by atoms with E-state index in [1.165, 1.54) is 5.56 Å². The Labute approximate surface area is 119 Å². The molecule has 2 rings (SSSR count). The van der Waals surface area contributed by atoms with Gasteiger partial charge in [0.1, 0.15) is 24.7 Å². The maximum Gasteiger partial charge on any atom is 0.122 e. The number of hydrogen-bond acceptors (Lipinski definition) is 3. The average molecular weight is 267 g/mol. The van der Waals surface area contributed by atoms with Gasteiger partial charge in [0.25, 0.3) is 0 Å². The highest BCUT2D eigenvalue weighted by Gasteiger charge is 2.00. The second kappa shape index (κ2) is 6.63. The topological polar surface area (TPSA) is 42.2 Å². The molecule has 0 heterocycles. The summed E-state index contributed by atoms with van der Waals surface area (Å²) in [6, 6.07) is 15.3. The van der Waals surface area contributed by atoms with Gasteiger partial charge in [0.15, 0.2) is 0 Å². The highest BCUT2D eigenvalue weighted by molar-refractivity contribution is 5.37. The molecule has 0 saturated carbocycles. The maximum atomic E-state index is 8.81. The van der Waals surface area contributed by atoms with Gasteiger partial charge in [0.2, 0.25) is 0 Å². The van der Waals surface area contributed by atoms with E-state index < -0.39 is 0 Å². The van der Waals surface area contributed by atoms with Gasteiger partial charge >= 0.3 is 0 Å². The van der Waals surface area contributed by atoms with Gasteiger partial charge < -0.3 is 9.47 Å². The normalized spacial score (nSPS) is 9.85. The molecule has 0 aliphatic carbocycles. The summed E-state index contributed by atoms with van der Waals surface area (Å²) in [7, 11) is 0. The van der Waals surface area contributed by atoms with Crippen molar-refractivity contribution in [1.29, 1.82) is 5.26 Å². The van der Waals surface area contributed by atoms with Crippen LogP contribution >= 0.6 is 0 Å². The molecule has 3 nitrogen and oxygen atoms in total. The third kappa shape index (κ3) is 3.76. The molecule has 0 N–H and O–H groups in total. The van der Waals surface area contributed by atoms with Crippen LogP contribution in [0.3, 0.4) is 0 Å². The minimum absolute atomic E-state index is 0.447. The van der Waals surface area contributed by atoms with Crippen LogP contribution in [0.15, 0.2) is 42.5 Å². The molecule has 2 aromatic rings. The number of aryl methyl sites for hydroxylation is 2. The molecule has 0 fully saturated rings. The van der Waals surface area contributed by atoms with E-state index in [1.807, 2.05) is 32.0 Å². The minimum Gasteiger partial charge on any atom is -0.490 e. The van der Waals surface area contributed by atoms with E-state index in [2.05, 4.69) is 12.1 Å². The summed E-state index contributed by atoms with van der Waals surface area (Å²) in [5, 5.41) is 8.81. The van der Waals surface area contributed by atoms with Crippen molar-refractivity contribution in [2.45, 2.75) is 13.8 Å². The van der Waals surface area contributed by atoms with Gasteiger partial charge in [-0.3, -0.25) is 0 Å². The second-order valence-electron chi connectivity index (χ2n) is 4.61. The van der Waals surface area contributed by atoms with Gasteiger partial charge in [-0.25, -0.2) is 0 Å². The van der Waals surface area contributed by atoms with Crippen molar-refractivity contribution in [3.8, 4) is 17.6 Å². The first-order chi connectivity index (χ1) is 9.69. The monoisotopic (exact) mass is 267 g/mol. The van der Waals surface area contributed by atoms with Crippen molar-refractivity contribution in [3.63, 3.8) is 0 Å². The molecule has 0 spiro atoms. The fourth-order valence-corrected chi connectivity index (χ4v) is 1.83. The molecule has 0 aliphatic rings. The fourth-order valence-electron chi connectivity index (χ4n) is 1.83. The predicted molar refractivity (Wildman–Crippen MR) is 78.1 cm³/mol. The Morgan fingerprint density at radius 1 is 1.00 bits per heavy atom. The Kier molecular flexibility index (Phi) is 4.62. The summed E-state index contributed by atoms with van der Waals surface area (Å²) >= 11 is 0. The van der Waals surface area contributed by atoms with Gasteiger partial charge in [-0.2, -0.15) is 5.26 Å². The summed E-state index contributed by atoms with van der Waals surface area (Å²) < 4.78 is 11.3. The van der Waals surface area contributed by atoms with E-state index in [0.29, 0.717) is 24.5 Å². The zero-order chi connectivity index (χ0) is 14.4. The van der Waals surface area contributed by atoms with Crippen LogP contribution in [-0.4, -0.2) is 13.2 Å². The van der Waals surface area contributed by atoms with Crippen molar-refractivity contribution >= 4 is 0 Å². The Morgan fingerprint density at radius 3 is 2.60 bits per heavy atom. The van der Waals surface area contributed by atoms with Crippen LogP contribution in [-0.2, 0) is 0 Å². The SMILES string of the molecule is Cc1ccc(C)c(OCCOc2cccc(C#N)c2)c1. The van der Waals surface area contributed by atoms with E-state index in [-0.39, 0.29) is 0 Å². The summed E-state index contributed by atoms with van der Waals surface area (Å²) in [6.45, 7) is 4.98. The molecule has 0 aromatic heterocycles. The van der Waals surface area contributed by atoms with Gasteiger partial charge in [-0.15, -0.1) is 0 Å². The first-order valence-electron chi connectivity index (χ1n) is 6.52. The molecule has 0 aliphatic heterocycles. The smallest absolute Gasteiger partial charge is 0.122 e. The van der Waals surface area contributed by atoms with Crippen LogP contribution in [0.5, 0.6) is 11.5 Å². The molecular weight excluding hydrogens is 250 g/mol.